The molecule has 0 bridgehead atoms. The lowest BCUT2D eigenvalue weighted by atomic mass is 10.3. The van der Waals surface area contributed by atoms with Crippen LogP contribution in [0.5, 0.6) is 0 Å². The molecule has 1 aliphatic heterocycles. The monoisotopic (exact) mass is 275 g/mol. The maximum absolute atomic E-state index is 12.4. The average Bonchev–Trinajstić information content (AvgIpc) is 2.56. The fourth-order valence-corrected chi connectivity index (χ4v) is 2.37. The van der Waals surface area contributed by atoms with E-state index in [1.807, 2.05) is 0 Å². The Hall–Kier alpha value is -1.50. The van der Waals surface area contributed by atoms with Crippen LogP contribution in [-0.4, -0.2) is 23.7 Å². The van der Waals surface area contributed by atoms with Crippen LogP contribution in [0.4, 0.5) is 18.9 Å². The van der Waals surface area contributed by atoms with Gasteiger partial charge in [0.25, 0.3) is 0 Å². The number of halogens is 3. The van der Waals surface area contributed by atoms with Gasteiger partial charge in [-0.05, 0) is 23.9 Å². The van der Waals surface area contributed by atoms with Gasteiger partial charge in [-0.3, -0.25) is 9.59 Å². The molecular weight excluding hydrogens is 267 g/mol. The van der Waals surface area contributed by atoms with Crippen molar-refractivity contribution in [2.75, 3.05) is 11.4 Å². The van der Waals surface area contributed by atoms with Crippen molar-refractivity contribution in [3.8, 4) is 0 Å². The number of alkyl halides is 3. The van der Waals surface area contributed by atoms with Gasteiger partial charge in [0, 0.05) is 4.90 Å². The van der Waals surface area contributed by atoms with Crippen molar-refractivity contribution in [1.29, 1.82) is 0 Å². The Balaban J connectivity index is 2.33. The molecule has 3 nitrogen and oxygen atoms in total. The van der Waals surface area contributed by atoms with Gasteiger partial charge in [0.15, 0.2) is 5.78 Å². The highest BCUT2D eigenvalue weighted by molar-refractivity contribution is 8.00. The minimum atomic E-state index is -4.43. The first-order chi connectivity index (χ1) is 8.37. The van der Waals surface area contributed by atoms with Crippen LogP contribution < -0.4 is 4.90 Å². The molecule has 18 heavy (non-hydrogen) atoms. The zero-order valence-corrected chi connectivity index (χ0v) is 9.85. The highest BCUT2D eigenvalue weighted by Gasteiger charge is 2.34. The molecule has 0 N–H and O–H groups in total. The summed E-state index contributed by atoms with van der Waals surface area (Å²) in [7, 11) is 0. The molecule has 1 saturated heterocycles. The summed E-state index contributed by atoms with van der Waals surface area (Å²) < 4.78 is 37.1. The number of nitrogens with zero attached hydrogens (tertiary/aromatic N) is 1. The molecule has 1 aromatic carbocycles. The Morgan fingerprint density at radius 3 is 2.39 bits per heavy atom. The number of rotatable bonds is 2. The molecule has 0 atom stereocenters. The smallest absolute Gasteiger partial charge is 0.303 e. The van der Waals surface area contributed by atoms with Gasteiger partial charge < -0.3 is 4.90 Å². The van der Waals surface area contributed by atoms with Crippen LogP contribution in [0.2, 0.25) is 0 Å². The van der Waals surface area contributed by atoms with Crippen molar-refractivity contribution in [2.45, 2.75) is 16.8 Å². The number of hydrogen-bond acceptors (Lipinski definition) is 3. The molecule has 0 aromatic heterocycles. The van der Waals surface area contributed by atoms with E-state index in [9.17, 15) is 22.8 Å². The van der Waals surface area contributed by atoms with E-state index in [-0.39, 0.29) is 41.1 Å². The van der Waals surface area contributed by atoms with E-state index in [0.717, 1.165) is 4.90 Å². The van der Waals surface area contributed by atoms with E-state index in [2.05, 4.69) is 0 Å². The van der Waals surface area contributed by atoms with Crippen LogP contribution in [0.15, 0.2) is 29.2 Å². The summed E-state index contributed by atoms with van der Waals surface area (Å²) in [6.45, 7) is -0.158. The van der Waals surface area contributed by atoms with Crippen LogP contribution in [0.1, 0.15) is 6.42 Å². The standard InChI is InChI=1S/C11H8F3NO2S/c12-11(13,14)18-9-4-2-1-3-8(9)15-6-7(16)5-10(15)17/h1-4H,5-6H2. The van der Waals surface area contributed by atoms with Crippen LogP contribution in [0.3, 0.4) is 0 Å². The second-order valence-electron chi connectivity index (χ2n) is 3.71. The lowest BCUT2D eigenvalue weighted by Crippen LogP contribution is -2.25. The van der Waals surface area contributed by atoms with Crippen molar-refractivity contribution in [3.63, 3.8) is 0 Å². The maximum atomic E-state index is 12.4. The highest BCUT2D eigenvalue weighted by Crippen LogP contribution is 2.42. The van der Waals surface area contributed by atoms with E-state index in [4.69, 9.17) is 0 Å². The van der Waals surface area contributed by atoms with Gasteiger partial charge in [0.2, 0.25) is 5.91 Å². The number of amides is 1. The quantitative estimate of drug-likeness (QED) is 0.615. The summed E-state index contributed by atoms with van der Waals surface area (Å²) in [6, 6.07) is 5.68. The molecule has 96 valence electrons. The predicted octanol–water partition coefficient (Wildman–Crippen LogP) is 2.60. The third kappa shape index (κ3) is 2.84. The fourth-order valence-electron chi connectivity index (χ4n) is 1.70. The molecule has 1 amide bonds. The van der Waals surface area contributed by atoms with Crippen molar-refractivity contribution in [3.05, 3.63) is 24.3 Å². The topological polar surface area (TPSA) is 37.4 Å². The minimum Gasteiger partial charge on any atom is -0.303 e. The summed E-state index contributed by atoms with van der Waals surface area (Å²) in [5.41, 5.74) is -4.29. The molecule has 0 radical (unpaired) electrons. The SMILES string of the molecule is O=C1CC(=O)N(c2ccccc2SC(F)(F)F)C1. The number of para-hydroxylation sites is 1. The summed E-state index contributed by atoms with van der Waals surface area (Å²) in [6.07, 6.45) is -0.245. The Morgan fingerprint density at radius 1 is 1.17 bits per heavy atom. The third-order valence-corrected chi connectivity index (χ3v) is 3.16. The van der Waals surface area contributed by atoms with Gasteiger partial charge in [-0.1, -0.05) is 12.1 Å². The summed E-state index contributed by atoms with van der Waals surface area (Å²) in [4.78, 5) is 23.7. The first kappa shape index (κ1) is 12.9. The van der Waals surface area contributed by atoms with Gasteiger partial charge in [0.05, 0.1) is 18.7 Å². The first-order valence-corrected chi connectivity index (χ1v) is 5.85. The lowest BCUT2D eigenvalue weighted by Gasteiger charge is -2.18. The second-order valence-corrected chi connectivity index (χ2v) is 4.82. The third-order valence-electron chi connectivity index (χ3n) is 2.37. The van der Waals surface area contributed by atoms with Crippen LogP contribution >= 0.6 is 11.8 Å². The van der Waals surface area contributed by atoms with Crippen molar-refractivity contribution >= 4 is 29.1 Å². The average molecular weight is 275 g/mol. The van der Waals surface area contributed by atoms with Crippen molar-refractivity contribution in [2.24, 2.45) is 0 Å². The predicted molar refractivity (Wildman–Crippen MR) is 60.3 cm³/mol. The fraction of sp³-hybridized carbons (Fsp3) is 0.273. The number of benzene rings is 1. The molecule has 1 heterocycles. The summed E-state index contributed by atoms with van der Waals surface area (Å²) in [5.74, 6) is -0.748. The highest BCUT2D eigenvalue weighted by atomic mass is 32.2. The maximum Gasteiger partial charge on any atom is 0.446 e. The molecule has 0 aliphatic carbocycles. The first-order valence-electron chi connectivity index (χ1n) is 5.03. The van der Waals surface area contributed by atoms with Gasteiger partial charge in [0.1, 0.15) is 0 Å². The molecule has 0 unspecified atom stereocenters. The molecule has 1 aromatic rings. The normalized spacial score (nSPS) is 16.5. The summed E-state index contributed by atoms with van der Waals surface area (Å²) >= 11 is -0.288. The Kier molecular flexibility index (Phi) is 3.34. The zero-order chi connectivity index (χ0) is 13.3. The molecule has 7 heteroatoms. The largest absolute Gasteiger partial charge is 0.446 e. The van der Waals surface area contributed by atoms with E-state index < -0.39 is 11.4 Å². The lowest BCUT2D eigenvalue weighted by molar-refractivity contribution is -0.121. The summed E-state index contributed by atoms with van der Waals surface area (Å²) in [5, 5.41) is 0. The van der Waals surface area contributed by atoms with Crippen molar-refractivity contribution in [1.82, 2.24) is 0 Å². The number of hydrogen-bond donors (Lipinski definition) is 0. The van der Waals surface area contributed by atoms with Crippen molar-refractivity contribution < 1.29 is 22.8 Å². The van der Waals surface area contributed by atoms with Crippen LogP contribution in [-0.2, 0) is 9.59 Å². The zero-order valence-electron chi connectivity index (χ0n) is 9.03. The van der Waals surface area contributed by atoms with Crippen LogP contribution in [0.25, 0.3) is 0 Å². The number of Topliss-reactive ketones (excluding diaryl/α,β-unsaturated/α-hetero) is 1. The molecule has 0 saturated carbocycles. The molecular formula is C11H8F3NO2S. The molecule has 1 fully saturated rings. The van der Waals surface area contributed by atoms with Gasteiger partial charge >= 0.3 is 5.51 Å². The van der Waals surface area contributed by atoms with Gasteiger partial charge in [-0.15, -0.1) is 0 Å². The second kappa shape index (κ2) is 4.64. The van der Waals surface area contributed by atoms with E-state index in [1.165, 1.54) is 24.3 Å². The van der Waals surface area contributed by atoms with Gasteiger partial charge in [-0.25, -0.2) is 0 Å². The number of carbonyl (C=O) groups excluding carboxylic acids is 2. The Morgan fingerprint density at radius 2 is 1.83 bits per heavy atom. The number of anilines is 1. The van der Waals surface area contributed by atoms with E-state index in [1.54, 1.807) is 0 Å². The Bertz CT molecular complexity index is 501. The van der Waals surface area contributed by atoms with Gasteiger partial charge in [-0.2, -0.15) is 13.2 Å². The number of ketones is 1. The van der Waals surface area contributed by atoms with E-state index >= 15 is 0 Å². The number of carbonyl (C=O) groups is 2. The molecule has 2 rings (SSSR count). The molecule has 0 spiro atoms. The Labute approximate surface area is 105 Å². The van der Waals surface area contributed by atoms with Crippen LogP contribution in [0, 0.1) is 0 Å². The minimum absolute atomic E-state index is 0.0759. The molecule has 1 aliphatic rings. The number of thioether (sulfide) groups is 1. The van der Waals surface area contributed by atoms with E-state index in [0.29, 0.717) is 0 Å².